The number of hydrogen-bond donors (Lipinski definition) is 0. The summed E-state index contributed by atoms with van der Waals surface area (Å²) in [4.78, 5) is 0. The van der Waals surface area contributed by atoms with Gasteiger partial charge < -0.3 is 0 Å². The monoisotopic (exact) mass is 190 g/mol. The molecule has 0 unspecified atom stereocenters. The Kier molecular flexibility index (Phi) is 5.19. The summed E-state index contributed by atoms with van der Waals surface area (Å²) in [7, 11) is 0. The molecule has 3 heteroatoms. The lowest BCUT2D eigenvalue weighted by Gasteiger charge is -1.96. The van der Waals surface area contributed by atoms with Crippen molar-refractivity contribution in [3.8, 4) is 0 Å². The van der Waals surface area contributed by atoms with E-state index in [1.165, 1.54) is 5.56 Å². The number of benzene rings is 1. The van der Waals surface area contributed by atoms with Gasteiger partial charge >= 0.3 is 6.18 Å². The Morgan fingerprint density at radius 3 is 1.62 bits per heavy atom. The summed E-state index contributed by atoms with van der Waals surface area (Å²) in [5.74, 6) is 0. The van der Waals surface area contributed by atoms with Gasteiger partial charge in [-0.15, -0.1) is 0 Å². The first kappa shape index (κ1) is 12.0. The van der Waals surface area contributed by atoms with Gasteiger partial charge in [0, 0.05) is 6.42 Å². The van der Waals surface area contributed by atoms with Gasteiger partial charge in [-0.2, -0.15) is 13.2 Å². The maximum atomic E-state index is 10.8. The minimum absolute atomic E-state index is 0.729. The van der Waals surface area contributed by atoms with Crippen LogP contribution >= 0.6 is 0 Å². The molecular formula is C10H13F3. The SMILES string of the molecule is CCC(F)(F)F.Cc1ccccc1. The van der Waals surface area contributed by atoms with Gasteiger partial charge in [-0.3, -0.25) is 0 Å². The lowest BCUT2D eigenvalue weighted by atomic mass is 10.2. The second kappa shape index (κ2) is 5.62. The van der Waals surface area contributed by atoms with E-state index in [2.05, 4.69) is 19.1 Å². The molecule has 0 saturated heterocycles. The van der Waals surface area contributed by atoms with E-state index >= 15 is 0 Å². The van der Waals surface area contributed by atoms with Gasteiger partial charge in [0.15, 0.2) is 0 Å². The van der Waals surface area contributed by atoms with E-state index in [1.807, 2.05) is 18.2 Å². The number of halogens is 3. The first-order chi connectivity index (χ1) is 5.95. The normalized spacial score (nSPS) is 10.2. The molecule has 1 rings (SSSR count). The Bertz CT molecular complexity index is 213. The molecule has 0 heterocycles. The lowest BCUT2D eigenvalue weighted by Crippen LogP contribution is -2.02. The Balaban J connectivity index is 0.000000226. The quantitative estimate of drug-likeness (QED) is 0.581. The molecule has 1 aromatic carbocycles. The molecule has 0 nitrogen and oxygen atoms in total. The molecule has 0 aliphatic rings. The van der Waals surface area contributed by atoms with Crippen molar-refractivity contribution < 1.29 is 13.2 Å². The fraction of sp³-hybridized carbons (Fsp3) is 0.400. The average molecular weight is 190 g/mol. The van der Waals surface area contributed by atoms with Crippen LogP contribution in [0.5, 0.6) is 0 Å². The molecule has 74 valence electrons. The van der Waals surface area contributed by atoms with Crippen molar-refractivity contribution in [3.63, 3.8) is 0 Å². The minimum atomic E-state index is -3.96. The van der Waals surface area contributed by atoms with Crippen molar-refractivity contribution in [3.05, 3.63) is 35.9 Å². The molecule has 13 heavy (non-hydrogen) atoms. The standard InChI is InChI=1S/C7H8.C3H5F3/c1-7-5-3-2-4-6-7;1-2-3(4,5)6/h2-6H,1H3;2H2,1H3. The summed E-state index contributed by atoms with van der Waals surface area (Å²) in [5, 5.41) is 0. The highest BCUT2D eigenvalue weighted by molar-refractivity contribution is 5.11. The topological polar surface area (TPSA) is 0 Å². The molecule has 0 radical (unpaired) electrons. The van der Waals surface area contributed by atoms with E-state index in [-0.39, 0.29) is 0 Å². The van der Waals surface area contributed by atoms with Crippen molar-refractivity contribution in [1.29, 1.82) is 0 Å². The first-order valence-electron chi connectivity index (χ1n) is 4.04. The second-order valence-electron chi connectivity index (χ2n) is 2.62. The zero-order valence-corrected chi connectivity index (χ0v) is 7.73. The molecule has 0 aromatic heterocycles. The molecule has 0 aliphatic carbocycles. The first-order valence-corrected chi connectivity index (χ1v) is 4.04. The smallest absolute Gasteiger partial charge is 0.171 e. The van der Waals surface area contributed by atoms with Gasteiger partial charge in [0.1, 0.15) is 0 Å². The van der Waals surface area contributed by atoms with Crippen LogP contribution in [0.2, 0.25) is 0 Å². The van der Waals surface area contributed by atoms with Crippen molar-refractivity contribution in [2.24, 2.45) is 0 Å². The Morgan fingerprint density at radius 1 is 1.08 bits per heavy atom. The maximum absolute atomic E-state index is 10.8. The summed E-state index contributed by atoms with van der Waals surface area (Å²) >= 11 is 0. The molecule has 0 spiro atoms. The van der Waals surface area contributed by atoms with Crippen LogP contribution in [0.3, 0.4) is 0 Å². The van der Waals surface area contributed by atoms with Gasteiger partial charge in [-0.05, 0) is 6.92 Å². The summed E-state index contributed by atoms with van der Waals surface area (Å²) in [6, 6.07) is 10.3. The number of hydrogen-bond acceptors (Lipinski definition) is 0. The van der Waals surface area contributed by atoms with E-state index < -0.39 is 12.6 Å². The Hall–Kier alpha value is -0.990. The van der Waals surface area contributed by atoms with Crippen LogP contribution in [0.1, 0.15) is 18.9 Å². The van der Waals surface area contributed by atoms with E-state index in [1.54, 1.807) is 0 Å². The summed E-state index contributed by atoms with van der Waals surface area (Å²) in [6.07, 6.45) is -4.69. The summed E-state index contributed by atoms with van der Waals surface area (Å²) in [6.45, 7) is 3.17. The molecular weight excluding hydrogens is 177 g/mol. The van der Waals surface area contributed by atoms with Gasteiger partial charge in [0.2, 0.25) is 0 Å². The van der Waals surface area contributed by atoms with Crippen LogP contribution in [0.15, 0.2) is 30.3 Å². The number of rotatable bonds is 0. The molecule has 0 atom stereocenters. The van der Waals surface area contributed by atoms with Crippen LogP contribution in [0.25, 0.3) is 0 Å². The Labute approximate surface area is 76.4 Å². The average Bonchev–Trinajstić information content (AvgIpc) is 2.06. The highest BCUT2D eigenvalue weighted by atomic mass is 19.4. The van der Waals surface area contributed by atoms with Gasteiger partial charge in [0.25, 0.3) is 0 Å². The molecule has 0 fully saturated rings. The number of alkyl halides is 3. The highest BCUT2D eigenvalue weighted by Gasteiger charge is 2.22. The fourth-order valence-electron chi connectivity index (χ4n) is 0.534. The molecule has 0 aliphatic heterocycles. The highest BCUT2D eigenvalue weighted by Crippen LogP contribution is 2.17. The van der Waals surface area contributed by atoms with Gasteiger partial charge in [-0.1, -0.05) is 42.8 Å². The van der Waals surface area contributed by atoms with Crippen molar-refractivity contribution in [2.75, 3.05) is 0 Å². The predicted octanol–water partition coefficient (Wildman–Crippen LogP) is 3.95. The van der Waals surface area contributed by atoms with Crippen LogP contribution < -0.4 is 0 Å². The summed E-state index contributed by atoms with van der Waals surface area (Å²) in [5.41, 5.74) is 1.32. The zero-order valence-electron chi connectivity index (χ0n) is 7.73. The van der Waals surface area contributed by atoms with Crippen LogP contribution in [0, 0.1) is 6.92 Å². The number of aryl methyl sites for hydroxylation is 1. The fourth-order valence-corrected chi connectivity index (χ4v) is 0.534. The second-order valence-corrected chi connectivity index (χ2v) is 2.62. The molecule has 0 bridgehead atoms. The largest absolute Gasteiger partial charge is 0.388 e. The molecule has 0 N–H and O–H groups in total. The van der Waals surface area contributed by atoms with Crippen LogP contribution in [-0.4, -0.2) is 6.18 Å². The minimum Gasteiger partial charge on any atom is -0.171 e. The van der Waals surface area contributed by atoms with E-state index in [0.29, 0.717) is 0 Å². The third kappa shape index (κ3) is 8.92. The van der Waals surface area contributed by atoms with Gasteiger partial charge in [0.05, 0.1) is 0 Å². The van der Waals surface area contributed by atoms with Gasteiger partial charge in [-0.25, -0.2) is 0 Å². The Morgan fingerprint density at radius 2 is 1.46 bits per heavy atom. The van der Waals surface area contributed by atoms with E-state index in [4.69, 9.17) is 0 Å². The third-order valence-corrected chi connectivity index (χ3v) is 1.34. The molecule has 0 amide bonds. The molecule has 1 aromatic rings. The zero-order chi connectivity index (χ0) is 10.3. The van der Waals surface area contributed by atoms with Crippen molar-refractivity contribution in [1.82, 2.24) is 0 Å². The van der Waals surface area contributed by atoms with Crippen LogP contribution in [0.4, 0.5) is 13.2 Å². The van der Waals surface area contributed by atoms with E-state index in [9.17, 15) is 13.2 Å². The van der Waals surface area contributed by atoms with E-state index in [0.717, 1.165) is 6.92 Å². The molecule has 0 saturated carbocycles. The lowest BCUT2D eigenvalue weighted by molar-refractivity contribution is -0.130. The predicted molar refractivity (Wildman–Crippen MR) is 47.5 cm³/mol. The van der Waals surface area contributed by atoms with Crippen molar-refractivity contribution in [2.45, 2.75) is 26.4 Å². The maximum Gasteiger partial charge on any atom is 0.388 e. The van der Waals surface area contributed by atoms with Crippen molar-refractivity contribution >= 4 is 0 Å². The third-order valence-electron chi connectivity index (χ3n) is 1.34. The van der Waals surface area contributed by atoms with Crippen LogP contribution in [-0.2, 0) is 0 Å². The summed E-state index contributed by atoms with van der Waals surface area (Å²) < 4.78 is 32.4.